The van der Waals surface area contributed by atoms with Gasteiger partial charge in [0.25, 0.3) is 0 Å². The van der Waals surface area contributed by atoms with Gasteiger partial charge in [0.2, 0.25) is 0 Å². The van der Waals surface area contributed by atoms with Crippen LogP contribution in [0.3, 0.4) is 0 Å². The van der Waals surface area contributed by atoms with Crippen molar-refractivity contribution >= 4 is 0 Å². The Kier molecular flexibility index (Phi) is 7.62. The summed E-state index contributed by atoms with van der Waals surface area (Å²) >= 11 is 0. The van der Waals surface area contributed by atoms with E-state index in [4.69, 9.17) is 9.72 Å². The zero-order valence-electron chi connectivity index (χ0n) is 19.7. The largest absolute Gasteiger partial charge is 0.380 e. The highest BCUT2D eigenvalue weighted by Gasteiger charge is 2.28. The molecule has 160 valence electrons. The van der Waals surface area contributed by atoms with E-state index in [1.54, 1.807) is 19.2 Å². The molecule has 2 nitrogen and oxygen atoms in total. The second kappa shape index (κ2) is 9.38. The number of hydrogen-bond donors (Lipinski definition) is 0. The Morgan fingerprint density at radius 2 is 1.41 bits per heavy atom. The molecular weight excluding hydrogens is 361 g/mol. The van der Waals surface area contributed by atoms with Crippen LogP contribution in [-0.2, 0) is 17.8 Å². The highest BCUT2D eigenvalue weighted by atomic mass is 19.1. The van der Waals surface area contributed by atoms with Gasteiger partial charge in [-0.1, -0.05) is 67.5 Å². The van der Waals surface area contributed by atoms with Gasteiger partial charge in [0.15, 0.2) is 0 Å². The monoisotopic (exact) mass is 399 g/mol. The van der Waals surface area contributed by atoms with E-state index >= 15 is 0 Å². The van der Waals surface area contributed by atoms with Gasteiger partial charge in [-0.25, -0.2) is 4.39 Å². The normalized spacial score (nSPS) is 13.4. The fraction of sp³-hybridized carbons (Fsp3) is 0.577. The summed E-state index contributed by atoms with van der Waals surface area (Å²) in [7, 11) is 1.73. The standard InChI is InChI=1S/C26H38FNO/c1-16(2)24-21(14-18(5)26(6,7)8)23(19-10-12-20(27)13-11-19)22(15-29-9)25(28-24)17(3)4/h10-13,16-18H,14-15H2,1-9H3/t18-/m1/s1. The minimum absolute atomic E-state index is 0.187. The third-order valence-electron chi connectivity index (χ3n) is 5.97. The first-order valence-corrected chi connectivity index (χ1v) is 10.8. The summed E-state index contributed by atoms with van der Waals surface area (Å²) in [5, 5.41) is 0. The zero-order chi connectivity index (χ0) is 21.9. The number of halogens is 1. The van der Waals surface area contributed by atoms with Crippen LogP contribution in [0.5, 0.6) is 0 Å². The van der Waals surface area contributed by atoms with Crippen LogP contribution in [0.4, 0.5) is 4.39 Å². The lowest BCUT2D eigenvalue weighted by atomic mass is 9.75. The van der Waals surface area contributed by atoms with Crippen molar-refractivity contribution in [3.05, 3.63) is 52.6 Å². The molecule has 0 N–H and O–H groups in total. The van der Waals surface area contributed by atoms with Gasteiger partial charge in [-0.15, -0.1) is 0 Å². The molecule has 1 aromatic carbocycles. The van der Waals surface area contributed by atoms with E-state index in [0.29, 0.717) is 18.4 Å². The summed E-state index contributed by atoms with van der Waals surface area (Å²) in [5.74, 6) is 0.853. The molecule has 2 rings (SSSR count). The van der Waals surface area contributed by atoms with Gasteiger partial charge in [0.05, 0.1) is 6.61 Å². The first-order chi connectivity index (χ1) is 13.5. The van der Waals surface area contributed by atoms with Crippen molar-refractivity contribution in [3.63, 3.8) is 0 Å². The molecule has 0 amide bonds. The fourth-order valence-electron chi connectivity index (χ4n) is 3.73. The minimum atomic E-state index is -0.214. The SMILES string of the molecule is COCc1c(C(C)C)nc(C(C)C)c(C[C@@H](C)C(C)(C)C)c1-c1ccc(F)cc1. The maximum atomic E-state index is 13.7. The van der Waals surface area contributed by atoms with E-state index in [1.165, 1.54) is 11.1 Å². The molecule has 0 bridgehead atoms. The van der Waals surface area contributed by atoms with Crippen LogP contribution >= 0.6 is 0 Å². The lowest BCUT2D eigenvalue weighted by Crippen LogP contribution is -2.22. The summed E-state index contributed by atoms with van der Waals surface area (Å²) in [4.78, 5) is 5.18. The van der Waals surface area contributed by atoms with Gasteiger partial charge in [0, 0.05) is 24.1 Å². The van der Waals surface area contributed by atoms with Crippen LogP contribution in [0.2, 0.25) is 0 Å². The molecule has 0 aliphatic rings. The van der Waals surface area contributed by atoms with Gasteiger partial charge in [-0.05, 0) is 58.4 Å². The molecule has 0 radical (unpaired) electrons. The number of methoxy groups -OCH3 is 1. The number of rotatable bonds is 7. The van der Waals surface area contributed by atoms with Crippen molar-refractivity contribution in [2.24, 2.45) is 11.3 Å². The van der Waals surface area contributed by atoms with E-state index < -0.39 is 0 Å². The summed E-state index contributed by atoms with van der Waals surface area (Å²) in [5.41, 5.74) is 7.07. The van der Waals surface area contributed by atoms with Crippen LogP contribution in [-0.4, -0.2) is 12.1 Å². The van der Waals surface area contributed by atoms with E-state index in [-0.39, 0.29) is 17.2 Å². The second-order valence-electron chi connectivity index (χ2n) is 9.93. The van der Waals surface area contributed by atoms with Crippen LogP contribution in [0, 0.1) is 17.2 Å². The topological polar surface area (TPSA) is 22.1 Å². The Morgan fingerprint density at radius 1 is 0.897 bits per heavy atom. The molecule has 3 heteroatoms. The lowest BCUT2D eigenvalue weighted by molar-refractivity contribution is 0.183. The Bertz CT molecular complexity index is 816. The van der Waals surface area contributed by atoms with Gasteiger partial charge in [-0.3, -0.25) is 4.98 Å². The van der Waals surface area contributed by atoms with Crippen LogP contribution in [0.1, 0.15) is 89.7 Å². The van der Waals surface area contributed by atoms with Crippen molar-refractivity contribution in [3.8, 4) is 11.1 Å². The van der Waals surface area contributed by atoms with Gasteiger partial charge < -0.3 is 4.74 Å². The van der Waals surface area contributed by atoms with E-state index in [1.807, 2.05) is 12.1 Å². The third kappa shape index (κ3) is 5.45. The molecule has 0 saturated carbocycles. The molecule has 0 saturated heterocycles. The highest BCUT2D eigenvalue weighted by Crippen LogP contribution is 2.40. The summed E-state index contributed by atoms with van der Waals surface area (Å²) < 4.78 is 19.3. The molecule has 0 fully saturated rings. The molecule has 0 aliphatic carbocycles. The van der Waals surface area contributed by atoms with Crippen LogP contribution in [0.15, 0.2) is 24.3 Å². The second-order valence-corrected chi connectivity index (χ2v) is 9.93. The Labute approximate surface area is 176 Å². The van der Waals surface area contributed by atoms with Gasteiger partial charge in [0.1, 0.15) is 5.82 Å². The Morgan fingerprint density at radius 3 is 1.86 bits per heavy atom. The Balaban J connectivity index is 2.89. The highest BCUT2D eigenvalue weighted by molar-refractivity contribution is 5.73. The fourth-order valence-corrected chi connectivity index (χ4v) is 3.73. The summed E-state index contributed by atoms with van der Waals surface area (Å²) in [6.45, 7) is 18.5. The zero-order valence-corrected chi connectivity index (χ0v) is 19.7. The molecule has 0 unspecified atom stereocenters. The van der Waals surface area contributed by atoms with Gasteiger partial charge >= 0.3 is 0 Å². The summed E-state index contributed by atoms with van der Waals surface area (Å²) in [6, 6.07) is 6.88. The minimum Gasteiger partial charge on any atom is -0.380 e. The molecule has 1 atom stereocenters. The van der Waals surface area contributed by atoms with E-state index in [2.05, 4.69) is 55.4 Å². The van der Waals surface area contributed by atoms with Crippen LogP contribution < -0.4 is 0 Å². The van der Waals surface area contributed by atoms with E-state index in [9.17, 15) is 4.39 Å². The maximum absolute atomic E-state index is 13.7. The van der Waals surface area contributed by atoms with Crippen molar-refractivity contribution in [1.29, 1.82) is 0 Å². The molecule has 29 heavy (non-hydrogen) atoms. The Hall–Kier alpha value is -1.74. The smallest absolute Gasteiger partial charge is 0.123 e. The first kappa shape index (κ1) is 23.5. The predicted molar refractivity (Wildman–Crippen MR) is 121 cm³/mol. The summed E-state index contributed by atoms with van der Waals surface area (Å²) in [6.07, 6.45) is 0.936. The van der Waals surface area contributed by atoms with Crippen molar-refractivity contribution < 1.29 is 9.13 Å². The first-order valence-electron chi connectivity index (χ1n) is 10.8. The molecule has 0 spiro atoms. The number of ether oxygens (including phenoxy) is 1. The number of aromatic nitrogens is 1. The van der Waals surface area contributed by atoms with Crippen molar-refractivity contribution in [2.75, 3.05) is 7.11 Å². The number of nitrogens with zero attached hydrogens (tertiary/aromatic N) is 1. The average Bonchev–Trinajstić information content (AvgIpc) is 2.61. The van der Waals surface area contributed by atoms with Crippen molar-refractivity contribution in [2.45, 2.75) is 80.3 Å². The lowest BCUT2D eigenvalue weighted by Gasteiger charge is -2.31. The molecule has 1 aromatic heterocycles. The quantitative estimate of drug-likeness (QED) is 0.481. The van der Waals surface area contributed by atoms with Crippen LogP contribution in [0.25, 0.3) is 11.1 Å². The maximum Gasteiger partial charge on any atom is 0.123 e. The average molecular weight is 400 g/mol. The molecule has 2 aromatic rings. The van der Waals surface area contributed by atoms with E-state index in [0.717, 1.165) is 28.9 Å². The van der Waals surface area contributed by atoms with Crippen molar-refractivity contribution in [1.82, 2.24) is 4.98 Å². The number of benzene rings is 1. The van der Waals surface area contributed by atoms with Gasteiger partial charge in [-0.2, -0.15) is 0 Å². The number of pyridine rings is 1. The molecule has 1 heterocycles. The number of hydrogen-bond acceptors (Lipinski definition) is 2. The molecule has 0 aliphatic heterocycles. The predicted octanol–water partition coefficient (Wildman–Crippen LogP) is 7.51. The third-order valence-corrected chi connectivity index (χ3v) is 5.97. The molecular formula is C26H38FNO.